The van der Waals surface area contributed by atoms with Crippen molar-refractivity contribution in [2.45, 2.75) is 78.3 Å². The Hall–Kier alpha value is -2.04. The SMILES string of the molecule is CCCCOc1ccc(C(NC(=O)CCCC)NC(=O)CCCC)cc1. The standard InChI is InChI=1S/C21H34N2O3/c1-4-7-10-19(24)22-21(23-20(25)11-8-5-2)17-12-14-18(15-13-17)26-16-9-6-3/h12-15,21H,4-11,16H2,1-3H3,(H,22,24)(H,23,25). The molecule has 5 heteroatoms. The van der Waals surface area contributed by atoms with Crippen molar-refractivity contribution in [2.75, 3.05) is 6.61 Å². The quantitative estimate of drug-likeness (QED) is 0.402. The average molecular weight is 363 g/mol. The molecule has 0 bridgehead atoms. The molecule has 1 aromatic carbocycles. The summed E-state index contributed by atoms with van der Waals surface area (Å²) >= 11 is 0. The highest BCUT2D eigenvalue weighted by atomic mass is 16.5. The molecule has 5 nitrogen and oxygen atoms in total. The fraction of sp³-hybridized carbons (Fsp3) is 0.619. The average Bonchev–Trinajstić information content (AvgIpc) is 2.65. The van der Waals surface area contributed by atoms with E-state index in [1.165, 1.54) is 0 Å². The third kappa shape index (κ3) is 8.88. The van der Waals surface area contributed by atoms with Gasteiger partial charge in [-0.3, -0.25) is 9.59 Å². The minimum absolute atomic E-state index is 0.0455. The van der Waals surface area contributed by atoms with E-state index in [1.54, 1.807) is 0 Å². The van der Waals surface area contributed by atoms with Crippen LogP contribution in [0.4, 0.5) is 0 Å². The minimum atomic E-state index is -0.506. The molecular weight excluding hydrogens is 328 g/mol. The summed E-state index contributed by atoms with van der Waals surface area (Å²) in [6, 6.07) is 7.56. The zero-order chi connectivity index (χ0) is 19.2. The lowest BCUT2D eigenvalue weighted by Gasteiger charge is -2.21. The van der Waals surface area contributed by atoms with Gasteiger partial charge in [-0.2, -0.15) is 0 Å². The Bertz CT molecular complexity index is 507. The van der Waals surface area contributed by atoms with E-state index in [9.17, 15) is 9.59 Å². The lowest BCUT2D eigenvalue weighted by molar-refractivity contribution is -0.124. The molecule has 146 valence electrons. The van der Waals surface area contributed by atoms with Crippen LogP contribution < -0.4 is 15.4 Å². The molecule has 0 fully saturated rings. The first-order valence-corrected chi connectivity index (χ1v) is 9.92. The normalized spacial score (nSPS) is 10.6. The van der Waals surface area contributed by atoms with Crippen molar-refractivity contribution in [2.24, 2.45) is 0 Å². The van der Waals surface area contributed by atoms with Gasteiger partial charge >= 0.3 is 0 Å². The summed E-state index contributed by atoms with van der Waals surface area (Å²) in [5, 5.41) is 5.87. The first-order chi connectivity index (χ1) is 12.6. The molecule has 1 rings (SSSR count). The number of ether oxygens (including phenoxy) is 1. The molecule has 0 aliphatic carbocycles. The second-order valence-corrected chi connectivity index (χ2v) is 6.55. The molecule has 0 aromatic heterocycles. The summed E-state index contributed by atoms with van der Waals surface area (Å²) in [6.45, 7) is 6.92. The van der Waals surface area contributed by atoms with Crippen LogP contribution in [0, 0.1) is 0 Å². The van der Waals surface area contributed by atoms with Crippen molar-refractivity contribution < 1.29 is 14.3 Å². The summed E-state index contributed by atoms with van der Waals surface area (Å²) in [5.74, 6) is 0.711. The fourth-order valence-electron chi connectivity index (χ4n) is 2.43. The van der Waals surface area contributed by atoms with Crippen LogP contribution >= 0.6 is 0 Å². The molecule has 0 saturated heterocycles. The van der Waals surface area contributed by atoms with Crippen molar-refractivity contribution in [1.29, 1.82) is 0 Å². The molecule has 0 aliphatic heterocycles. The summed E-state index contributed by atoms with van der Waals surface area (Å²) in [4.78, 5) is 24.3. The van der Waals surface area contributed by atoms with Gasteiger partial charge in [-0.25, -0.2) is 0 Å². The number of benzene rings is 1. The monoisotopic (exact) mass is 362 g/mol. The predicted octanol–water partition coefficient (Wildman–Crippen LogP) is 4.48. The van der Waals surface area contributed by atoms with Gasteiger partial charge < -0.3 is 15.4 Å². The zero-order valence-corrected chi connectivity index (χ0v) is 16.5. The van der Waals surface area contributed by atoms with Crippen molar-refractivity contribution >= 4 is 11.8 Å². The molecule has 0 saturated carbocycles. The fourth-order valence-corrected chi connectivity index (χ4v) is 2.43. The van der Waals surface area contributed by atoms with Gasteiger partial charge in [-0.15, -0.1) is 0 Å². The highest BCUT2D eigenvalue weighted by Gasteiger charge is 2.17. The Balaban J connectivity index is 2.75. The molecule has 2 N–H and O–H groups in total. The zero-order valence-electron chi connectivity index (χ0n) is 16.5. The van der Waals surface area contributed by atoms with E-state index in [0.717, 1.165) is 49.8 Å². The summed E-state index contributed by atoms with van der Waals surface area (Å²) in [5.41, 5.74) is 0.850. The van der Waals surface area contributed by atoms with Gasteiger partial charge in [-0.05, 0) is 37.0 Å². The summed E-state index contributed by atoms with van der Waals surface area (Å²) < 4.78 is 5.67. The Morgan fingerprint density at radius 3 is 1.81 bits per heavy atom. The minimum Gasteiger partial charge on any atom is -0.494 e. The molecule has 2 amide bonds. The molecule has 0 aliphatic rings. The van der Waals surface area contributed by atoms with Crippen molar-refractivity contribution in [3.63, 3.8) is 0 Å². The first kappa shape index (κ1) is 22.0. The molecule has 0 spiro atoms. The third-order valence-electron chi connectivity index (χ3n) is 4.11. The van der Waals surface area contributed by atoms with E-state index < -0.39 is 6.17 Å². The van der Waals surface area contributed by atoms with Crippen LogP contribution in [0.25, 0.3) is 0 Å². The van der Waals surface area contributed by atoms with Crippen LogP contribution in [0.1, 0.15) is 83.9 Å². The summed E-state index contributed by atoms with van der Waals surface area (Å²) in [6.07, 6.45) is 6.15. The number of nitrogens with one attached hydrogen (secondary N) is 2. The van der Waals surface area contributed by atoms with Crippen LogP contribution in [0.3, 0.4) is 0 Å². The number of amides is 2. The lowest BCUT2D eigenvalue weighted by atomic mass is 10.1. The Kier molecular flexibility index (Phi) is 11.2. The number of carbonyl (C=O) groups excluding carboxylic acids is 2. The smallest absolute Gasteiger partial charge is 0.221 e. The van der Waals surface area contributed by atoms with E-state index >= 15 is 0 Å². The van der Waals surface area contributed by atoms with Gasteiger partial charge in [0, 0.05) is 12.8 Å². The number of carbonyl (C=O) groups is 2. The maximum absolute atomic E-state index is 12.1. The van der Waals surface area contributed by atoms with E-state index in [1.807, 2.05) is 24.3 Å². The topological polar surface area (TPSA) is 67.4 Å². The van der Waals surface area contributed by atoms with Gasteiger partial charge in [0.2, 0.25) is 11.8 Å². The molecular formula is C21H34N2O3. The van der Waals surface area contributed by atoms with Gasteiger partial charge in [-0.1, -0.05) is 52.2 Å². The van der Waals surface area contributed by atoms with E-state index in [4.69, 9.17) is 4.74 Å². The van der Waals surface area contributed by atoms with Gasteiger partial charge in [0.15, 0.2) is 0 Å². The Morgan fingerprint density at radius 2 is 1.35 bits per heavy atom. The number of hydrogen-bond acceptors (Lipinski definition) is 3. The van der Waals surface area contributed by atoms with E-state index in [0.29, 0.717) is 19.4 Å². The van der Waals surface area contributed by atoms with Crippen molar-refractivity contribution in [1.82, 2.24) is 10.6 Å². The van der Waals surface area contributed by atoms with Crippen molar-refractivity contribution in [3.8, 4) is 5.75 Å². The van der Waals surface area contributed by atoms with Gasteiger partial charge in [0.05, 0.1) is 6.61 Å². The highest BCUT2D eigenvalue weighted by molar-refractivity contribution is 5.79. The predicted molar refractivity (Wildman–Crippen MR) is 105 cm³/mol. The largest absolute Gasteiger partial charge is 0.494 e. The molecule has 1 aromatic rings. The maximum atomic E-state index is 12.1. The van der Waals surface area contributed by atoms with Crippen LogP contribution in [0.5, 0.6) is 5.75 Å². The van der Waals surface area contributed by atoms with Gasteiger partial charge in [0.1, 0.15) is 11.9 Å². The third-order valence-corrected chi connectivity index (χ3v) is 4.11. The highest BCUT2D eigenvalue weighted by Crippen LogP contribution is 2.17. The molecule has 0 heterocycles. The van der Waals surface area contributed by atoms with E-state index in [2.05, 4.69) is 31.4 Å². The number of rotatable bonds is 13. The second-order valence-electron chi connectivity index (χ2n) is 6.55. The van der Waals surface area contributed by atoms with Crippen LogP contribution in [-0.2, 0) is 9.59 Å². The number of unbranched alkanes of at least 4 members (excludes halogenated alkanes) is 3. The number of hydrogen-bond donors (Lipinski definition) is 2. The maximum Gasteiger partial charge on any atom is 0.221 e. The van der Waals surface area contributed by atoms with E-state index in [-0.39, 0.29) is 11.8 Å². The lowest BCUT2D eigenvalue weighted by Crippen LogP contribution is -2.41. The first-order valence-electron chi connectivity index (χ1n) is 9.92. The Morgan fingerprint density at radius 1 is 0.846 bits per heavy atom. The molecule has 0 radical (unpaired) electrons. The Labute approximate surface area is 157 Å². The van der Waals surface area contributed by atoms with Crippen LogP contribution in [-0.4, -0.2) is 18.4 Å². The van der Waals surface area contributed by atoms with Gasteiger partial charge in [0.25, 0.3) is 0 Å². The second kappa shape index (κ2) is 13.2. The molecule has 0 unspecified atom stereocenters. The van der Waals surface area contributed by atoms with Crippen LogP contribution in [0.2, 0.25) is 0 Å². The van der Waals surface area contributed by atoms with Crippen molar-refractivity contribution in [3.05, 3.63) is 29.8 Å². The molecule has 26 heavy (non-hydrogen) atoms. The molecule has 0 atom stereocenters. The summed E-state index contributed by atoms with van der Waals surface area (Å²) in [7, 11) is 0. The van der Waals surface area contributed by atoms with Crippen LogP contribution in [0.15, 0.2) is 24.3 Å².